The zero-order valence-electron chi connectivity index (χ0n) is 11.0. The number of amides is 1. The van der Waals surface area contributed by atoms with Gasteiger partial charge in [-0.2, -0.15) is 0 Å². The molecule has 0 fully saturated rings. The Bertz CT molecular complexity index is 621. The van der Waals surface area contributed by atoms with E-state index in [0.717, 1.165) is 11.3 Å². The molecule has 1 amide bonds. The maximum atomic E-state index is 12.4. The molecule has 1 aliphatic rings. The van der Waals surface area contributed by atoms with Gasteiger partial charge in [-0.05, 0) is 18.2 Å². The zero-order chi connectivity index (χ0) is 13.9. The molecule has 1 aliphatic heterocycles. The van der Waals surface area contributed by atoms with Crippen molar-refractivity contribution in [3.8, 4) is 5.75 Å². The van der Waals surface area contributed by atoms with Crippen LogP contribution >= 0.6 is 0 Å². The molecule has 5 nitrogen and oxygen atoms in total. The van der Waals surface area contributed by atoms with Gasteiger partial charge < -0.3 is 19.8 Å². The first-order valence-electron chi connectivity index (χ1n) is 6.56. The second-order valence-corrected chi connectivity index (χ2v) is 4.65. The fourth-order valence-corrected chi connectivity index (χ4v) is 2.26. The molecular weight excluding hydrogens is 256 g/mol. The first-order valence-corrected chi connectivity index (χ1v) is 6.56. The minimum Gasteiger partial charge on any atom is -0.491 e. The van der Waals surface area contributed by atoms with E-state index in [1.54, 1.807) is 17.0 Å². The number of ether oxygens (including phenoxy) is 1. The van der Waals surface area contributed by atoms with Gasteiger partial charge in [-0.3, -0.25) is 4.79 Å². The summed E-state index contributed by atoms with van der Waals surface area (Å²) in [5, 5.41) is 0. The van der Waals surface area contributed by atoms with Gasteiger partial charge in [0.05, 0.1) is 13.1 Å². The minimum absolute atomic E-state index is 0.134. The van der Waals surface area contributed by atoms with Gasteiger partial charge in [0.15, 0.2) is 5.76 Å². The summed E-state index contributed by atoms with van der Waals surface area (Å²) >= 11 is 0. The predicted octanol–water partition coefficient (Wildman–Crippen LogP) is 1.77. The third-order valence-electron chi connectivity index (χ3n) is 3.31. The minimum atomic E-state index is -0.134. The number of furan rings is 1. The van der Waals surface area contributed by atoms with Crippen molar-refractivity contribution >= 4 is 5.91 Å². The van der Waals surface area contributed by atoms with Gasteiger partial charge in [0.2, 0.25) is 0 Å². The van der Waals surface area contributed by atoms with Crippen LogP contribution in [0.25, 0.3) is 0 Å². The third kappa shape index (κ3) is 2.40. The lowest BCUT2D eigenvalue weighted by molar-refractivity contribution is 0.0699. The van der Waals surface area contributed by atoms with Crippen LogP contribution in [-0.4, -0.2) is 24.0 Å². The highest BCUT2D eigenvalue weighted by Crippen LogP contribution is 2.23. The third-order valence-corrected chi connectivity index (χ3v) is 3.31. The van der Waals surface area contributed by atoms with E-state index in [1.807, 2.05) is 24.3 Å². The standard InChI is InChI=1S/C15H16N2O3/c16-9-12-5-6-14(20-12)15(18)17-7-8-19-13-4-2-1-3-11(13)10-17/h1-6H,7-10,16H2. The second-order valence-electron chi connectivity index (χ2n) is 4.65. The molecule has 0 saturated heterocycles. The second kappa shape index (κ2) is 5.38. The molecule has 2 N–H and O–H groups in total. The van der Waals surface area contributed by atoms with Crippen molar-refractivity contribution in [1.82, 2.24) is 4.90 Å². The molecule has 0 radical (unpaired) electrons. The maximum absolute atomic E-state index is 12.4. The summed E-state index contributed by atoms with van der Waals surface area (Å²) in [5.41, 5.74) is 6.49. The average Bonchev–Trinajstić information content (AvgIpc) is 2.85. The molecule has 2 aromatic rings. The van der Waals surface area contributed by atoms with E-state index in [2.05, 4.69) is 0 Å². The van der Waals surface area contributed by atoms with E-state index in [-0.39, 0.29) is 5.91 Å². The van der Waals surface area contributed by atoms with E-state index < -0.39 is 0 Å². The summed E-state index contributed by atoms with van der Waals surface area (Å²) in [4.78, 5) is 14.2. The number of para-hydroxylation sites is 1. The van der Waals surface area contributed by atoms with Crippen molar-refractivity contribution in [2.24, 2.45) is 5.73 Å². The van der Waals surface area contributed by atoms with Crippen LogP contribution in [0.5, 0.6) is 5.75 Å². The van der Waals surface area contributed by atoms with Crippen LogP contribution in [0.4, 0.5) is 0 Å². The fraction of sp³-hybridized carbons (Fsp3) is 0.267. The average molecular weight is 272 g/mol. The first-order chi connectivity index (χ1) is 9.78. The molecule has 0 atom stereocenters. The quantitative estimate of drug-likeness (QED) is 0.904. The number of carbonyl (C=O) groups excluding carboxylic acids is 1. The van der Waals surface area contributed by atoms with Gasteiger partial charge in [0, 0.05) is 12.1 Å². The van der Waals surface area contributed by atoms with Gasteiger partial charge in [0.25, 0.3) is 5.91 Å². The number of fused-ring (bicyclic) bond motifs is 1. The number of hydrogen-bond donors (Lipinski definition) is 1. The highest BCUT2D eigenvalue weighted by molar-refractivity contribution is 5.91. The lowest BCUT2D eigenvalue weighted by Gasteiger charge is -2.18. The summed E-state index contributed by atoms with van der Waals surface area (Å²) in [5.74, 6) is 1.64. The normalized spacial score (nSPS) is 14.3. The molecule has 0 bridgehead atoms. The molecule has 0 aliphatic carbocycles. The Kier molecular flexibility index (Phi) is 3.43. The largest absolute Gasteiger partial charge is 0.491 e. The molecule has 0 saturated carbocycles. The number of hydrogen-bond acceptors (Lipinski definition) is 4. The zero-order valence-corrected chi connectivity index (χ0v) is 11.0. The van der Waals surface area contributed by atoms with E-state index in [1.165, 1.54) is 0 Å². The Labute approximate surface area is 116 Å². The van der Waals surface area contributed by atoms with Crippen molar-refractivity contribution in [1.29, 1.82) is 0 Å². The van der Waals surface area contributed by atoms with Gasteiger partial charge in [-0.15, -0.1) is 0 Å². The van der Waals surface area contributed by atoms with Crippen molar-refractivity contribution in [3.63, 3.8) is 0 Å². The highest BCUT2D eigenvalue weighted by atomic mass is 16.5. The molecular formula is C15H16N2O3. The first kappa shape index (κ1) is 12.7. The molecule has 2 heterocycles. The molecule has 5 heteroatoms. The van der Waals surface area contributed by atoms with E-state index in [9.17, 15) is 4.79 Å². The van der Waals surface area contributed by atoms with Crippen molar-refractivity contribution < 1.29 is 13.9 Å². The van der Waals surface area contributed by atoms with Gasteiger partial charge in [-0.1, -0.05) is 18.2 Å². The van der Waals surface area contributed by atoms with Gasteiger partial charge in [0.1, 0.15) is 18.1 Å². The topological polar surface area (TPSA) is 68.7 Å². The fourth-order valence-electron chi connectivity index (χ4n) is 2.26. The Morgan fingerprint density at radius 2 is 2.10 bits per heavy atom. The van der Waals surface area contributed by atoms with Gasteiger partial charge >= 0.3 is 0 Å². The molecule has 1 aromatic heterocycles. The Morgan fingerprint density at radius 1 is 1.25 bits per heavy atom. The summed E-state index contributed by atoms with van der Waals surface area (Å²) in [6.45, 7) is 1.83. The monoisotopic (exact) mass is 272 g/mol. The summed E-state index contributed by atoms with van der Waals surface area (Å²) in [7, 11) is 0. The van der Waals surface area contributed by atoms with E-state index in [0.29, 0.717) is 37.8 Å². The van der Waals surface area contributed by atoms with Crippen molar-refractivity contribution in [2.75, 3.05) is 13.2 Å². The van der Waals surface area contributed by atoms with Crippen LogP contribution in [0.1, 0.15) is 21.9 Å². The Hall–Kier alpha value is -2.27. The van der Waals surface area contributed by atoms with Crippen LogP contribution in [0.3, 0.4) is 0 Å². The number of rotatable bonds is 2. The Morgan fingerprint density at radius 3 is 2.90 bits per heavy atom. The number of carbonyl (C=O) groups is 1. The highest BCUT2D eigenvalue weighted by Gasteiger charge is 2.22. The smallest absolute Gasteiger partial charge is 0.289 e. The molecule has 0 unspecified atom stereocenters. The lowest BCUT2D eigenvalue weighted by atomic mass is 10.2. The number of nitrogens with zero attached hydrogens (tertiary/aromatic N) is 1. The van der Waals surface area contributed by atoms with Crippen LogP contribution in [0, 0.1) is 0 Å². The molecule has 1 aromatic carbocycles. The number of benzene rings is 1. The van der Waals surface area contributed by atoms with Gasteiger partial charge in [-0.25, -0.2) is 0 Å². The molecule has 0 spiro atoms. The summed E-state index contributed by atoms with van der Waals surface area (Å²) in [6.07, 6.45) is 0. The molecule has 20 heavy (non-hydrogen) atoms. The molecule has 104 valence electrons. The predicted molar refractivity (Wildman–Crippen MR) is 73.3 cm³/mol. The maximum Gasteiger partial charge on any atom is 0.289 e. The Balaban J connectivity index is 1.82. The summed E-state index contributed by atoms with van der Waals surface area (Å²) < 4.78 is 11.1. The van der Waals surface area contributed by atoms with Crippen molar-refractivity contribution in [3.05, 3.63) is 53.5 Å². The van der Waals surface area contributed by atoms with Crippen LogP contribution in [0.2, 0.25) is 0 Å². The SMILES string of the molecule is NCc1ccc(C(=O)N2CCOc3ccccc3C2)o1. The molecule has 3 rings (SSSR count). The number of nitrogens with two attached hydrogens (primary N) is 1. The lowest BCUT2D eigenvalue weighted by Crippen LogP contribution is -2.32. The van der Waals surface area contributed by atoms with Crippen LogP contribution in [-0.2, 0) is 13.1 Å². The summed E-state index contributed by atoms with van der Waals surface area (Å²) in [6, 6.07) is 11.2. The van der Waals surface area contributed by atoms with Crippen LogP contribution < -0.4 is 10.5 Å². The van der Waals surface area contributed by atoms with Crippen LogP contribution in [0.15, 0.2) is 40.8 Å². The van der Waals surface area contributed by atoms with E-state index in [4.69, 9.17) is 14.9 Å². The van der Waals surface area contributed by atoms with E-state index >= 15 is 0 Å². The van der Waals surface area contributed by atoms with Crippen molar-refractivity contribution in [2.45, 2.75) is 13.1 Å².